The maximum atomic E-state index is 6.06. The fraction of sp³-hybridized carbons (Fsp3) is 0.588. The predicted molar refractivity (Wildman–Crippen MR) is 92.2 cm³/mol. The molecule has 0 spiro atoms. The first kappa shape index (κ1) is 17.3. The molecule has 2 saturated heterocycles. The molecule has 1 N–H and O–H groups in total. The number of benzene rings is 1. The molecule has 6 nitrogen and oxygen atoms in total. The van der Waals surface area contributed by atoms with Crippen molar-refractivity contribution in [3.05, 3.63) is 18.2 Å². The van der Waals surface area contributed by atoms with Crippen LogP contribution < -0.4 is 14.8 Å². The van der Waals surface area contributed by atoms with Crippen molar-refractivity contribution >= 4 is 23.4 Å². The molecule has 1 aromatic carbocycles. The molecule has 2 aromatic rings. The quantitative estimate of drug-likeness (QED) is 0.890. The highest BCUT2D eigenvalue weighted by molar-refractivity contribution is 5.88. The minimum absolute atomic E-state index is 0. The maximum absolute atomic E-state index is 6.06. The van der Waals surface area contributed by atoms with Crippen LogP contribution in [0.25, 0.3) is 11.0 Å². The number of hydrogen-bond acceptors (Lipinski definition) is 6. The number of hydrogen-bond donors (Lipinski definition) is 1. The first-order valence-electron chi connectivity index (χ1n) is 8.36. The van der Waals surface area contributed by atoms with Crippen molar-refractivity contribution in [2.45, 2.75) is 25.4 Å². The van der Waals surface area contributed by atoms with E-state index in [2.05, 4.69) is 10.5 Å². The van der Waals surface area contributed by atoms with Crippen molar-refractivity contribution in [2.24, 2.45) is 5.92 Å². The van der Waals surface area contributed by atoms with E-state index in [0.29, 0.717) is 30.6 Å². The Morgan fingerprint density at radius 3 is 2.88 bits per heavy atom. The lowest BCUT2D eigenvalue weighted by Crippen LogP contribution is -2.30. The lowest BCUT2D eigenvalue weighted by Gasteiger charge is -2.22. The molecule has 24 heavy (non-hydrogen) atoms. The van der Waals surface area contributed by atoms with Crippen molar-refractivity contribution in [1.29, 1.82) is 0 Å². The third-order valence-corrected chi connectivity index (χ3v) is 4.52. The Bertz CT molecular complexity index is 651. The van der Waals surface area contributed by atoms with Gasteiger partial charge in [-0.05, 0) is 49.1 Å². The molecule has 3 heterocycles. The summed E-state index contributed by atoms with van der Waals surface area (Å²) in [5, 5.41) is 8.28. The highest BCUT2D eigenvalue weighted by atomic mass is 35.5. The fourth-order valence-corrected chi connectivity index (χ4v) is 3.16. The Labute approximate surface area is 147 Å². The van der Waals surface area contributed by atoms with Gasteiger partial charge in [-0.15, -0.1) is 12.4 Å². The van der Waals surface area contributed by atoms with Crippen molar-refractivity contribution in [3.63, 3.8) is 0 Å². The Kier molecular flexibility index (Phi) is 5.81. The van der Waals surface area contributed by atoms with Gasteiger partial charge in [0.15, 0.2) is 5.58 Å². The van der Waals surface area contributed by atoms with Gasteiger partial charge in [0, 0.05) is 6.42 Å². The van der Waals surface area contributed by atoms with E-state index in [1.165, 1.54) is 0 Å². The third-order valence-electron chi connectivity index (χ3n) is 4.52. The van der Waals surface area contributed by atoms with Crippen LogP contribution in [0.5, 0.6) is 11.6 Å². The first-order valence-corrected chi connectivity index (χ1v) is 8.36. The molecule has 7 heteroatoms. The van der Waals surface area contributed by atoms with Crippen molar-refractivity contribution in [3.8, 4) is 11.6 Å². The van der Waals surface area contributed by atoms with Gasteiger partial charge in [0.25, 0.3) is 5.88 Å². The molecular formula is C17H23ClN2O4. The largest absolute Gasteiger partial charge is 0.487 e. The van der Waals surface area contributed by atoms with Crippen LogP contribution >= 0.6 is 12.4 Å². The van der Waals surface area contributed by atoms with E-state index in [-0.39, 0.29) is 18.5 Å². The van der Waals surface area contributed by atoms with Crippen LogP contribution in [0, 0.1) is 5.92 Å². The summed E-state index contributed by atoms with van der Waals surface area (Å²) in [5.41, 5.74) is 0.696. The third kappa shape index (κ3) is 3.77. The van der Waals surface area contributed by atoms with Crippen molar-refractivity contribution in [1.82, 2.24) is 10.5 Å². The van der Waals surface area contributed by atoms with Gasteiger partial charge >= 0.3 is 0 Å². The molecule has 0 amide bonds. The van der Waals surface area contributed by atoms with Crippen LogP contribution in [0.3, 0.4) is 0 Å². The molecule has 0 bridgehead atoms. The smallest absolute Gasteiger partial charge is 0.265 e. The van der Waals surface area contributed by atoms with Crippen molar-refractivity contribution in [2.75, 3.05) is 32.9 Å². The zero-order valence-corrected chi connectivity index (χ0v) is 14.3. The lowest BCUT2D eigenvalue weighted by molar-refractivity contribution is 0.142. The number of fused-ring (bicyclic) bond motifs is 1. The molecule has 1 atom stereocenters. The zero-order chi connectivity index (χ0) is 15.5. The van der Waals surface area contributed by atoms with Crippen LogP contribution in [0.15, 0.2) is 22.7 Å². The van der Waals surface area contributed by atoms with E-state index in [1.807, 2.05) is 18.2 Å². The van der Waals surface area contributed by atoms with Crippen molar-refractivity contribution < 1.29 is 18.7 Å². The fourth-order valence-electron chi connectivity index (χ4n) is 3.16. The minimum atomic E-state index is 0. The molecule has 4 rings (SSSR count). The van der Waals surface area contributed by atoms with Gasteiger partial charge in [-0.25, -0.2) is 0 Å². The Balaban J connectivity index is 0.00000169. The molecule has 2 fully saturated rings. The average molecular weight is 355 g/mol. The SMILES string of the molecule is Cl.c1cc(O[C@@H]2CCOC2)c2c(OCC3CCNCC3)noc2c1. The molecule has 2 aliphatic heterocycles. The van der Waals surface area contributed by atoms with Crippen LogP contribution in [-0.4, -0.2) is 44.2 Å². The van der Waals surface area contributed by atoms with Gasteiger partial charge in [-0.3, -0.25) is 0 Å². The topological polar surface area (TPSA) is 65.8 Å². The second kappa shape index (κ2) is 8.05. The summed E-state index contributed by atoms with van der Waals surface area (Å²) in [4.78, 5) is 0. The number of halogens is 1. The Hall–Kier alpha value is -1.50. The molecule has 132 valence electrons. The number of nitrogens with one attached hydrogen (secondary N) is 1. The Morgan fingerprint density at radius 2 is 2.08 bits per heavy atom. The number of rotatable bonds is 5. The van der Waals surface area contributed by atoms with Crippen LogP contribution in [-0.2, 0) is 4.74 Å². The predicted octanol–water partition coefficient (Wildman–Crippen LogP) is 2.80. The molecule has 0 unspecified atom stereocenters. The maximum Gasteiger partial charge on any atom is 0.265 e. The summed E-state index contributed by atoms with van der Waals surface area (Å²) in [6, 6.07) is 5.74. The number of ether oxygens (including phenoxy) is 3. The highest BCUT2D eigenvalue weighted by Crippen LogP contribution is 2.35. The molecular weight excluding hydrogens is 332 g/mol. The summed E-state index contributed by atoms with van der Waals surface area (Å²) in [7, 11) is 0. The standard InChI is InChI=1S/C17H22N2O4.ClH/c1-2-14(22-13-6-9-20-11-13)16-15(3-1)23-19-17(16)21-10-12-4-7-18-8-5-12;/h1-3,12-13,18H,4-11H2;1H/t13-;/m1./s1. The molecule has 2 aliphatic rings. The average Bonchev–Trinajstić information content (AvgIpc) is 3.24. The molecule has 0 radical (unpaired) electrons. The Morgan fingerprint density at radius 1 is 1.21 bits per heavy atom. The lowest BCUT2D eigenvalue weighted by atomic mass is 9.99. The molecule has 1 aromatic heterocycles. The summed E-state index contributed by atoms with van der Waals surface area (Å²) >= 11 is 0. The first-order chi connectivity index (χ1) is 11.4. The van der Waals surface area contributed by atoms with E-state index < -0.39 is 0 Å². The summed E-state index contributed by atoms with van der Waals surface area (Å²) in [6.07, 6.45) is 3.28. The van der Waals surface area contributed by atoms with E-state index in [4.69, 9.17) is 18.7 Å². The van der Waals surface area contributed by atoms with Gasteiger partial charge in [0.05, 0.1) is 19.8 Å². The summed E-state index contributed by atoms with van der Waals surface area (Å²) < 4.78 is 22.8. The van der Waals surface area contributed by atoms with Gasteiger partial charge in [0.2, 0.25) is 0 Å². The molecule has 0 aliphatic carbocycles. The second-order valence-corrected chi connectivity index (χ2v) is 6.22. The van der Waals surface area contributed by atoms with Gasteiger partial charge < -0.3 is 24.1 Å². The van der Waals surface area contributed by atoms with Gasteiger partial charge in [0.1, 0.15) is 17.2 Å². The van der Waals surface area contributed by atoms with Crippen LogP contribution in [0.4, 0.5) is 0 Å². The summed E-state index contributed by atoms with van der Waals surface area (Å²) in [6.45, 7) is 4.17. The summed E-state index contributed by atoms with van der Waals surface area (Å²) in [5.74, 6) is 1.87. The molecule has 0 saturated carbocycles. The zero-order valence-electron chi connectivity index (χ0n) is 13.5. The van der Waals surface area contributed by atoms with Crippen LogP contribution in [0.1, 0.15) is 19.3 Å². The second-order valence-electron chi connectivity index (χ2n) is 6.22. The van der Waals surface area contributed by atoms with Gasteiger partial charge in [-0.1, -0.05) is 6.07 Å². The van der Waals surface area contributed by atoms with Gasteiger partial charge in [-0.2, -0.15) is 0 Å². The number of nitrogens with zero attached hydrogens (tertiary/aromatic N) is 1. The van der Waals surface area contributed by atoms with E-state index >= 15 is 0 Å². The van der Waals surface area contributed by atoms with E-state index in [1.54, 1.807) is 0 Å². The van der Waals surface area contributed by atoms with E-state index in [9.17, 15) is 0 Å². The number of piperidine rings is 1. The van der Waals surface area contributed by atoms with E-state index in [0.717, 1.165) is 50.1 Å². The minimum Gasteiger partial charge on any atom is -0.487 e. The highest BCUT2D eigenvalue weighted by Gasteiger charge is 2.22. The number of aromatic nitrogens is 1. The van der Waals surface area contributed by atoms with Crippen LogP contribution in [0.2, 0.25) is 0 Å². The monoisotopic (exact) mass is 354 g/mol. The normalized spacial score (nSPS) is 21.6.